The first-order chi connectivity index (χ1) is 3.29. The van der Waals surface area contributed by atoms with Crippen molar-refractivity contribution in [3.8, 4) is 0 Å². The van der Waals surface area contributed by atoms with E-state index in [1.807, 2.05) is 22.6 Å². The minimum absolute atomic E-state index is 0.0786. The summed E-state index contributed by atoms with van der Waals surface area (Å²) in [5.74, 6) is 0. The van der Waals surface area contributed by atoms with Gasteiger partial charge in [0.1, 0.15) is 6.61 Å². The van der Waals surface area contributed by atoms with Gasteiger partial charge in [0, 0.05) is 0 Å². The van der Waals surface area contributed by atoms with Gasteiger partial charge >= 0.3 is 6.16 Å². The van der Waals surface area contributed by atoms with E-state index in [4.69, 9.17) is 0 Å². The number of carbonyl (C=O) groups excluding carboxylic acids is 1. The first-order valence-corrected chi connectivity index (χ1v) is 3.01. The van der Waals surface area contributed by atoms with Crippen LogP contribution >= 0.6 is 22.6 Å². The van der Waals surface area contributed by atoms with Crippen LogP contribution in [-0.4, -0.2) is 16.9 Å². The quantitative estimate of drug-likeness (QED) is 0.341. The van der Waals surface area contributed by atoms with Crippen molar-refractivity contribution in [2.75, 3.05) is 6.61 Å². The lowest BCUT2D eigenvalue weighted by Crippen LogP contribution is -1.95. The van der Waals surface area contributed by atoms with Crippen LogP contribution in [-0.2, 0) is 9.47 Å². The molecule has 0 saturated carbocycles. The van der Waals surface area contributed by atoms with Crippen molar-refractivity contribution in [3.63, 3.8) is 0 Å². The largest absolute Gasteiger partial charge is 0.509 e. The number of halogens is 1. The monoisotopic (exact) mass is 214 g/mol. The summed E-state index contributed by atoms with van der Waals surface area (Å²) in [5.41, 5.74) is 0. The van der Waals surface area contributed by atoms with Gasteiger partial charge in [-0.3, -0.25) is 0 Å². The molecule has 1 aliphatic heterocycles. The summed E-state index contributed by atoms with van der Waals surface area (Å²) in [6.07, 6.45) is -0.556. The molecule has 0 aromatic carbocycles. The van der Waals surface area contributed by atoms with Crippen LogP contribution in [0.1, 0.15) is 0 Å². The van der Waals surface area contributed by atoms with Crippen LogP contribution in [0.4, 0.5) is 4.79 Å². The lowest BCUT2D eigenvalue weighted by atomic mass is 10.8. The average molecular weight is 214 g/mol. The Kier molecular flexibility index (Phi) is 1.36. The highest BCUT2D eigenvalue weighted by molar-refractivity contribution is 14.1. The normalized spacial score (nSPS) is 29.3. The fraction of sp³-hybridized carbons (Fsp3) is 0.667. The molecule has 3 nitrogen and oxygen atoms in total. The molecule has 0 N–H and O–H groups in total. The van der Waals surface area contributed by atoms with Crippen molar-refractivity contribution < 1.29 is 14.3 Å². The predicted molar refractivity (Wildman–Crippen MR) is 30.2 cm³/mol. The Bertz CT molecular complexity index is 92.2. The van der Waals surface area contributed by atoms with Crippen LogP contribution in [0.3, 0.4) is 0 Å². The standard InChI is InChI=1S/C3H3IO3/c4-2-1-6-3(5)7-2/h2H,1H2. The molecular formula is C3H3IO3. The molecule has 0 amide bonds. The van der Waals surface area contributed by atoms with E-state index >= 15 is 0 Å². The van der Waals surface area contributed by atoms with Crippen molar-refractivity contribution in [3.05, 3.63) is 0 Å². The second-order valence-electron chi connectivity index (χ2n) is 1.09. The van der Waals surface area contributed by atoms with Gasteiger partial charge in [0.05, 0.1) is 0 Å². The fourth-order valence-corrected chi connectivity index (χ4v) is 0.693. The molecule has 1 unspecified atom stereocenters. The summed E-state index contributed by atoms with van der Waals surface area (Å²) in [6.45, 7) is 0.388. The molecule has 0 radical (unpaired) electrons. The van der Waals surface area contributed by atoms with Crippen LogP contribution in [0.5, 0.6) is 0 Å². The topological polar surface area (TPSA) is 35.5 Å². The number of rotatable bonds is 0. The van der Waals surface area contributed by atoms with Gasteiger partial charge in [-0.05, 0) is 22.6 Å². The SMILES string of the molecule is O=C1OCC(I)O1. The Labute approximate surface area is 54.1 Å². The predicted octanol–water partition coefficient (Wildman–Crippen LogP) is 0.914. The van der Waals surface area contributed by atoms with E-state index in [-0.39, 0.29) is 4.11 Å². The molecule has 0 aromatic heterocycles. The molecule has 0 aliphatic carbocycles. The molecule has 0 bridgehead atoms. The highest BCUT2D eigenvalue weighted by atomic mass is 127. The summed E-state index contributed by atoms with van der Waals surface area (Å²) >= 11 is 1.98. The molecule has 1 rings (SSSR count). The maximum absolute atomic E-state index is 10.0. The Morgan fingerprint density at radius 2 is 2.57 bits per heavy atom. The van der Waals surface area contributed by atoms with E-state index in [2.05, 4.69) is 9.47 Å². The third-order valence-corrected chi connectivity index (χ3v) is 1.17. The first kappa shape index (κ1) is 5.14. The average Bonchev–Trinajstić information content (AvgIpc) is 1.87. The van der Waals surface area contributed by atoms with Crippen LogP contribution < -0.4 is 0 Å². The zero-order valence-electron chi connectivity index (χ0n) is 3.39. The lowest BCUT2D eigenvalue weighted by Gasteiger charge is -1.87. The van der Waals surface area contributed by atoms with E-state index in [1.54, 1.807) is 0 Å². The third kappa shape index (κ3) is 1.19. The summed E-state index contributed by atoms with van der Waals surface area (Å²) in [4.78, 5) is 10.0. The number of hydrogen-bond donors (Lipinski definition) is 0. The zero-order valence-corrected chi connectivity index (χ0v) is 5.54. The van der Waals surface area contributed by atoms with E-state index in [0.29, 0.717) is 6.61 Å². The van der Waals surface area contributed by atoms with Gasteiger partial charge in [-0.2, -0.15) is 0 Å². The summed E-state index contributed by atoms with van der Waals surface area (Å²) in [7, 11) is 0. The van der Waals surface area contributed by atoms with E-state index in [9.17, 15) is 4.79 Å². The first-order valence-electron chi connectivity index (χ1n) is 1.76. The van der Waals surface area contributed by atoms with Gasteiger partial charge in [0.2, 0.25) is 0 Å². The molecular weight excluding hydrogens is 211 g/mol. The van der Waals surface area contributed by atoms with E-state index in [0.717, 1.165) is 0 Å². The summed E-state index contributed by atoms with van der Waals surface area (Å²) in [6, 6.07) is 0. The van der Waals surface area contributed by atoms with E-state index in [1.165, 1.54) is 0 Å². The Balaban J connectivity index is 2.40. The van der Waals surface area contributed by atoms with Gasteiger partial charge in [0.15, 0.2) is 4.11 Å². The molecule has 1 heterocycles. The van der Waals surface area contributed by atoms with Crippen molar-refractivity contribution in [1.29, 1.82) is 0 Å². The van der Waals surface area contributed by atoms with Crippen molar-refractivity contribution in [2.24, 2.45) is 0 Å². The van der Waals surface area contributed by atoms with Gasteiger partial charge in [-0.25, -0.2) is 4.79 Å². The number of ether oxygens (including phenoxy) is 2. The second kappa shape index (κ2) is 1.85. The highest BCUT2D eigenvalue weighted by Gasteiger charge is 2.20. The van der Waals surface area contributed by atoms with Gasteiger partial charge in [-0.15, -0.1) is 0 Å². The van der Waals surface area contributed by atoms with Gasteiger partial charge < -0.3 is 9.47 Å². The lowest BCUT2D eigenvalue weighted by molar-refractivity contribution is 0.130. The fourth-order valence-electron chi connectivity index (χ4n) is 0.306. The number of carbonyl (C=O) groups is 1. The minimum atomic E-state index is -0.556. The van der Waals surface area contributed by atoms with E-state index < -0.39 is 6.16 Å². The molecule has 1 atom stereocenters. The second-order valence-corrected chi connectivity index (χ2v) is 2.48. The van der Waals surface area contributed by atoms with Gasteiger partial charge in [0.25, 0.3) is 0 Å². The summed E-state index contributed by atoms with van der Waals surface area (Å²) < 4.78 is 8.80. The maximum atomic E-state index is 10.0. The molecule has 0 spiro atoms. The Morgan fingerprint density at radius 1 is 1.86 bits per heavy atom. The molecule has 4 heteroatoms. The van der Waals surface area contributed by atoms with Gasteiger partial charge in [-0.1, -0.05) is 0 Å². The maximum Gasteiger partial charge on any atom is 0.509 e. The smallest absolute Gasteiger partial charge is 0.429 e. The molecule has 1 aliphatic rings. The molecule has 1 saturated heterocycles. The number of cyclic esters (lactones) is 2. The van der Waals surface area contributed by atoms with Crippen molar-refractivity contribution in [2.45, 2.75) is 4.11 Å². The molecule has 40 valence electrons. The summed E-state index contributed by atoms with van der Waals surface area (Å²) in [5, 5.41) is 0. The van der Waals surface area contributed by atoms with Crippen LogP contribution in [0, 0.1) is 0 Å². The van der Waals surface area contributed by atoms with Crippen molar-refractivity contribution in [1.82, 2.24) is 0 Å². The molecule has 0 aromatic rings. The molecule has 1 fully saturated rings. The Hall–Kier alpha value is -0.0000000000000000555. The Morgan fingerprint density at radius 3 is 2.71 bits per heavy atom. The molecule has 7 heavy (non-hydrogen) atoms. The van der Waals surface area contributed by atoms with Crippen LogP contribution in [0.25, 0.3) is 0 Å². The van der Waals surface area contributed by atoms with Crippen LogP contribution in [0.15, 0.2) is 0 Å². The minimum Gasteiger partial charge on any atom is -0.429 e. The number of hydrogen-bond acceptors (Lipinski definition) is 3. The zero-order chi connectivity index (χ0) is 5.28. The van der Waals surface area contributed by atoms with Crippen molar-refractivity contribution >= 4 is 28.7 Å². The highest BCUT2D eigenvalue weighted by Crippen LogP contribution is 2.11. The van der Waals surface area contributed by atoms with Crippen LogP contribution in [0.2, 0.25) is 0 Å². The number of alkyl halides is 1. The third-order valence-electron chi connectivity index (χ3n) is 0.556.